The fraction of sp³-hybridized carbons (Fsp3) is 0.143. The first-order valence-electron chi connectivity index (χ1n) is 8.65. The Bertz CT molecular complexity index is 1160. The van der Waals surface area contributed by atoms with Gasteiger partial charge in [0.2, 0.25) is 0 Å². The van der Waals surface area contributed by atoms with Crippen LogP contribution in [0, 0.1) is 20.8 Å². The third-order valence-electron chi connectivity index (χ3n) is 4.64. The van der Waals surface area contributed by atoms with Gasteiger partial charge in [-0.25, -0.2) is 4.68 Å². The van der Waals surface area contributed by atoms with Crippen LogP contribution in [0.5, 0.6) is 0 Å². The largest absolute Gasteiger partial charge is 0.351 e. The Morgan fingerprint density at radius 2 is 1.81 bits per heavy atom. The van der Waals surface area contributed by atoms with Gasteiger partial charge in [-0.2, -0.15) is 5.10 Å². The molecule has 136 valence electrons. The van der Waals surface area contributed by atoms with Crippen molar-refractivity contribution in [3.63, 3.8) is 0 Å². The maximum absolute atomic E-state index is 12.8. The van der Waals surface area contributed by atoms with E-state index in [1.54, 1.807) is 0 Å². The van der Waals surface area contributed by atoms with E-state index in [0.717, 1.165) is 38.1 Å². The highest BCUT2D eigenvalue weighted by Gasteiger charge is 2.17. The maximum atomic E-state index is 12.8. The van der Waals surface area contributed by atoms with Crippen LogP contribution in [-0.2, 0) is 0 Å². The van der Waals surface area contributed by atoms with Crippen LogP contribution < -0.4 is 5.32 Å². The van der Waals surface area contributed by atoms with Gasteiger partial charge in [-0.1, -0.05) is 33.6 Å². The van der Waals surface area contributed by atoms with Gasteiger partial charge in [-0.15, -0.1) is 0 Å². The van der Waals surface area contributed by atoms with Crippen LogP contribution in [0.15, 0.2) is 53.0 Å². The molecule has 27 heavy (non-hydrogen) atoms. The molecule has 0 radical (unpaired) electrons. The molecule has 1 amide bonds. The number of nitrogens with zero attached hydrogens (tertiary/aromatic N) is 2. The van der Waals surface area contributed by atoms with Crippen molar-refractivity contribution in [2.75, 3.05) is 5.32 Å². The Labute approximate surface area is 165 Å². The summed E-state index contributed by atoms with van der Waals surface area (Å²) >= 11 is 3.46. The summed E-state index contributed by atoms with van der Waals surface area (Å²) in [6, 6.07) is 15.9. The number of aromatic nitrogens is 3. The van der Waals surface area contributed by atoms with Gasteiger partial charge in [0.05, 0.1) is 22.8 Å². The molecule has 4 rings (SSSR count). The molecule has 0 aliphatic heterocycles. The first kappa shape index (κ1) is 17.5. The van der Waals surface area contributed by atoms with Crippen LogP contribution in [0.4, 0.5) is 5.69 Å². The summed E-state index contributed by atoms with van der Waals surface area (Å²) in [7, 11) is 0. The van der Waals surface area contributed by atoms with E-state index in [2.05, 4.69) is 38.3 Å². The number of anilines is 1. The van der Waals surface area contributed by atoms with Crippen LogP contribution in [0.2, 0.25) is 0 Å². The number of carbonyl (C=O) groups excluding carboxylic acids is 1. The molecule has 0 saturated carbocycles. The zero-order valence-electron chi connectivity index (χ0n) is 15.3. The summed E-state index contributed by atoms with van der Waals surface area (Å²) in [4.78, 5) is 15.9. The van der Waals surface area contributed by atoms with E-state index >= 15 is 0 Å². The topological polar surface area (TPSA) is 62.7 Å². The summed E-state index contributed by atoms with van der Waals surface area (Å²) < 4.78 is 2.83. The fourth-order valence-electron chi connectivity index (χ4n) is 3.17. The van der Waals surface area contributed by atoms with Crippen molar-refractivity contribution in [3.8, 4) is 5.69 Å². The molecule has 0 unspecified atom stereocenters. The van der Waals surface area contributed by atoms with E-state index in [9.17, 15) is 4.79 Å². The second-order valence-corrected chi connectivity index (χ2v) is 7.58. The predicted molar refractivity (Wildman–Crippen MR) is 112 cm³/mol. The number of halogens is 1. The zero-order valence-corrected chi connectivity index (χ0v) is 16.9. The van der Waals surface area contributed by atoms with E-state index in [1.165, 1.54) is 5.56 Å². The number of aromatic amines is 1. The number of H-pyrrole nitrogens is 1. The molecule has 5 nitrogen and oxygen atoms in total. The van der Waals surface area contributed by atoms with Gasteiger partial charge < -0.3 is 10.3 Å². The van der Waals surface area contributed by atoms with E-state index in [4.69, 9.17) is 0 Å². The van der Waals surface area contributed by atoms with E-state index in [-0.39, 0.29) is 5.91 Å². The van der Waals surface area contributed by atoms with Gasteiger partial charge in [0.25, 0.3) is 5.91 Å². The number of fused-ring (bicyclic) bond motifs is 1. The van der Waals surface area contributed by atoms with Crippen molar-refractivity contribution in [3.05, 3.63) is 75.6 Å². The number of hydrogen-bond acceptors (Lipinski definition) is 2. The Balaban J connectivity index is 1.65. The predicted octanol–water partition coefficient (Wildman–Crippen LogP) is 5.29. The standard InChI is InChI=1S/C21H19BrN4O/c1-12-4-7-17(8-5-12)26-14(3)20(13(2)25-26)24-21(27)19-11-15-10-16(22)6-9-18(15)23-19/h4-11,23H,1-3H3,(H,24,27). The molecular formula is C21H19BrN4O. The Kier molecular flexibility index (Phi) is 4.36. The minimum absolute atomic E-state index is 0.183. The van der Waals surface area contributed by atoms with Crippen molar-refractivity contribution in [1.29, 1.82) is 0 Å². The summed E-state index contributed by atoms with van der Waals surface area (Å²) in [6.45, 7) is 5.91. The maximum Gasteiger partial charge on any atom is 0.272 e. The molecular weight excluding hydrogens is 404 g/mol. The fourth-order valence-corrected chi connectivity index (χ4v) is 3.55. The van der Waals surface area contributed by atoms with Crippen molar-refractivity contribution in [1.82, 2.24) is 14.8 Å². The summed E-state index contributed by atoms with van der Waals surface area (Å²) in [5, 5.41) is 8.59. The summed E-state index contributed by atoms with van der Waals surface area (Å²) in [6.07, 6.45) is 0. The third kappa shape index (κ3) is 3.28. The minimum atomic E-state index is -0.183. The molecule has 0 atom stereocenters. The molecule has 2 aromatic carbocycles. The zero-order chi connectivity index (χ0) is 19.1. The highest BCUT2D eigenvalue weighted by Crippen LogP contribution is 2.25. The second kappa shape index (κ2) is 6.70. The first-order chi connectivity index (χ1) is 12.9. The molecule has 0 spiro atoms. The van der Waals surface area contributed by atoms with Crippen LogP contribution in [0.1, 0.15) is 27.4 Å². The van der Waals surface area contributed by atoms with Crippen molar-refractivity contribution in [2.45, 2.75) is 20.8 Å². The van der Waals surface area contributed by atoms with Gasteiger partial charge in [-0.05, 0) is 57.2 Å². The number of carbonyl (C=O) groups is 1. The Morgan fingerprint density at radius 3 is 2.56 bits per heavy atom. The van der Waals surface area contributed by atoms with Crippen LogP contribution in [0.25, 0.3) is 16.6 Å². The average Bonchev–Trinajstić information content (AvgIpc) is 3.18. The monoisotopic (exact) mass is 422 g/mol. The molecule has 4 aromatic rings. The number of rotatable bonds is 3. The molecule has 0 saturated heterocycles. The quantitative estimate of drug-likeness (QED) is 0.470. The molecule has 2 N–H and O–H groups in total. The molecule has 0 aliphatic rings. The Hall–Kier alpha value is -2.86. The molecule has 2 aromatic heterocycles. The second-order valence-electron chi connectivity index (χ2n) is 6.66. The lowest BCUT2D eigenvalue weighted by molar-refractivity contribution is 0.102. The number of amides is 1. The lowest BCUT2D eigenvalue weighted by Gasteiger charge is -2.07. The van der Waals surface area contributed by atoms with Crippen molar-refractivity contribution >= 4 is 38.4 Å². The van der Waals surface area contributed by atoms with Crippen LogP contribution in [0.3, 0.4) is 0 Å². The molecule has 0 fully saturated rings. The van der Waals surface area contributed by atoms with Crippen molar-refractivity contribution in [2.24, 2.45) is 0 Å². The smallest absolute Gasteiger partial charge is 0.272 e. The van der Waals surface area contributed by atoms with Crippen molar-refractivity contribution < 1.29 is 4.79 Å². The molecule has 6 heteroatoms. The van der Waals surface area contributed by atoms with E-state index in [0.29, 0.717) is 5.69 Å². The van der Waals surface area contributed by atoms with Gasteiger partial charge in [0.15, 0.2) is 0 Å². The molecule has 0 bridgehead atoms. The first-order valence-corrected chi connectivity index (χ1v) is 9.44. The number of hydrogen-bond donors (Lipinski definition) is 2. The lowest BCUT2D eigenvalue weighted by Crippen LogP contribution is -2.13. The average molecular weight is 423 g/mol. The molecule has 0 aliphatic carbocycles. The third-order valence-corrected chi connectivity index (χ3v) is 5.13. The SMILES string of the molecule is Cc1ccc(-n2nc(C)c(NC(=O)c3cc4cc(Br)ccc4[nH]3)c2C)cc1. The number of nitrogens with one attached hydrogen (secondary N) is 2. The highest BCUT2D eigenvalue weighted by molar-refractivity contribution is 9.10. The normalized spacial score (nSPS) is 11.1. The van der Waals surface area contributed by atoms with Gasteiger partial charge >= 0.3 is 0 Å². The van der Waals surface area contributed by atoms with Crippen LogP contribution >= 0.6 is 15.9 Å². The Morgan fingerprint density at radius 1 is 1.07 bits per heavy atom. The van der Waals surface area contributed by atoms with Gasteiger partial charge in [-0.3, -0.25) is 4.79 Å². The lowest BCUT2D eigenvalue weighted by atomic mass is 10.2. The summed E-state index contributed by atoms with van der Waals surface area (Å²) in [5.41, 5.74) is 6.01. The van der Waals surface area contributed by atoms with Crippen LogP contribution in [-0.4, -0.2) is 20.7 Å². The number of aryl methyl sites for hydroxylation is 2. The highest BCUT2D eigenvalue weighted by atomic mass is 79.9. The molecule has 2 heterocycles. The van der Waals surface area contributed by atoms with E-state index in [1.807, 2.05) is 67.1 Å². The minimum Gasteiger partial charge on any atom is -0.351 e. The van der Waals surface area contributed by atoms with Gasteiger partial charge in [0.1, 0.15) is 5.69 Å². The van der Waals surface area contributed by atoms with E-state index < -0.39 is 0 Å². The summed E-state index contributed by atoms with van der Waals surface area (Å²) in [5.74, 6) is -0.183. The van der Waals surface area contributed by atoms with Gasteiger partial charge in [0, 0.05) is 15.4 Å². The number of benzene rings is 2.